The van der Waals surface area contributed by atoms with Crippen LogP contribution in [0.25, 0.3) is 0 Å². The van der Waals surface area contributed by atoms with Crippen molar-refractivity contribution in [1.29, 1.82) is 0 Å². The van der Waals surface area contributed by atoms with Gasteiger partial charge < -0.3 is 0 Å². The zero-order valence-electron chi connectivity index (χ0n) is 6.14. The summed E-state index contributed by atoms with van der Waals surface area (Å²) >= 11 is 0. The van der Waals surface area contributed by atoms with E-state index >= 15 is 0 Å². The third-order valence-corrected chi connectivity index (χ3v) is 4.95. The highest BCUT2D eigenvalue weighted by molar-refractivity contribution is 5.46. The number of rotatable bonds is 0. The Balaban J connectivity index is 1.94. The minimum Gasteiger partial charge on any atom is -0.0879 e. The highest BCUT2D eigenvalue weighted by Gasteiger charge is 2.96. The Morgan fingerprint density at radius 3 is 3.00 bits per heavy atom. The van der Waals surface area contributed by atoms with Crippen molar-refractivity contribution in [2.45, 2.75) is 25.7 Å². The molecule has 0 aromatic heterocycles. The SMILES string of the molecule is C1=CC[C@@]23[C@@H]4[C@@H]2CC[C@@]43C1. The lowest BCUT2D eigenvalue weighted by Crippen LogP contribution is -2.15. The Kier molecular flexibility index (Phi) is 0.426. The van der Waals surface area contributed by atoms with E-state index in [9.17, 15) is 0 Å². The molecule has 10 heavy (non-hydrogen) atoms. The largest absolute Gasteiger partial charge is 0.0879 e. The van der Waals surface area contributed by atoms with Crippen LogP contribution in [0.3, 0.4) is 0 Å². The lowest BCUT2D eigenvalue weighted by atomic mass is 9.81. The second kappa shape index (κ2) is 0.929. The molecule has 0 aromatic carbocycles. The van der Waals surface area contributed by atoms with E-state index < -0.39 is 0 Å². The van der Waals surface area contributed by atoms with E-state index in [4.69, 9.17) is 0 Å². The van der Waals surface area contributed by atoms with Crippen LogP contribution in [0.4, 0.5) is 0 Å². The Hall–Kier alpha value is -0.260. The summed E-state index contributed by atoms with van der Waals surface area (Å²) in [6.07, 6.45) is 10.9. The van der Waals surface area contributed by atoms with Crippen molar-refractivity contribution in [2.75, 3.05) is 0 Å². The summed E-state index contributed by atoms with van der Waals surface area (Å²) in [6.45, 7) is 0. The molecule has 0 unspecified atom stereocenters. The van der Waals surface area contributed by atoms with Crippen LogP contribution in [-0.4, -0.2) is 0 Å². The quantitative estimate of drug-likeness (QED) is 0.444. The fourth-order valence-corrected chi connectivity index (χ4v) is 4.60. The summed E-state index contributed by atoms with van der Waals surface area (Å²) in [4.78, 5) is 0. The first kappa shape index (κ1) is 4.58. The van der Waals surface area contributed by atoms with Crippen molar-refractivity contribution < 1.29 is 0 Å². The van der Waals surface area contributed by atoms with Crippen molar-refractivity contribution in [2.24, 2.45) is 22.7 Å². The molecule has 0 amide bonds. The fraction of sp³-hybridized carbons (Fsp3) is 0.800. The lowest BCUT2D eigenvalue weighted by molar-refractivity contribution is 0.312. The van der Waals surface area contributed by atoms with Crippen LogP contribution < -0.4 is 0 Å². The highest BCUT2D eigenvalue weighted by Crippen LogP contribution is 3.01. The second-order valence-electron chi connectivity index (χ2n) is 4.70. The van der Waals surface area contributed by atoms with E-state index in [1.165, 1.54) is 24.7 Å². The Labute approximate surface area is 61.3 Å². The summed E-state index contributed by atoms with van der Waals surface area (Å²) in [5.41, 5.74) is 1.84. The molecule has 0 nitrogen and oxygen atoms in total. The van der Waals surface area contributed by atoms with Crippen molar-refractivity contribution in [3.63, 3.8) is 0 Å². The molecular weight excluding hydrogens is 120 g/mol. The Morgan fingerprint density at radius 1 is 1.20 bits per heavy atom. The van der Waals surface area contributed by atoms with Gasteiger partial charge in [0.2, 0.25) is 0 Å². The van der Waals surface area contributed by atoms with Gasteiger partial charge in [-0.2, -0.15) is 0 Å². The van der Waals surface area contributed by atoms with Gasteiger partial charge in [0.05, 0.1) is 0 Å². The molecule has 0 heteroatoms. The minimum absolute atomic E-state index is 0.909. The first-order valence-electron chi connectivity index (χ1n) is 4.57. The topological polar surface area (TPSA) is 0 Å². The average Bonchev–Trinajstić information content (AvgIpc) is 2.64. The van der Waals surface area contributed by atoms with Crippen LogP contribution in [0.2, 0.25) is 0 Å². The molecule has 2 bridgehead atoms. The third-order valence-electron chi connectivity index (χ3n) is 4.95. The molecule has 0 saturated heterocycles. The van der Waals surface area contributed by atoms with E-state index in [0.717, 1.165) is 10.8 Å². The van der Waals surface area contributed by atoms with Gasteiger partial charge in [-0.3, -0.25) is 0 Å². The smallest absolute Gasteiger partial charge is 0.0132 e. The molecule has 0 N–H and O–H groups in total. The van der Waals surface area contributed by atoms with E-state index in [1.54, 1.807) is 12.8 Å². The maximum Gasteiger partial charge on any atom is -0.0132 e. The summed E-state index contributed by atoms with van der Waals surface area (Å²) < 4.78 is 0. The first-order chi connectivity index (χ1) is 4.92. The predicted molar refractivity (Wildman–Crippen MR) is 39.5 cm³/mol. The van der Waals surface area contributed by atoms with Gasteiger partial charge in [-0.25, -0.2) is 0 Å². The van der Waals surface area contributed by atoms with Gasteiger partial charge in [-0.1, -0.05) is 12.2 Å². The number of hydrogen-bond acceptors (Lipinski definition) is 0. The molecule has 4 saturated carbocycles. The van der Waals surface area contributed by atoms with Crippen LogP contribution in [-0.2, 0) is 0 Å². The van der Waals surface area contributed by atoms with Crippen LogP contribution in [0.1, 0.15) is 25.7 Å². The van der Waals surface area contributed by atoms with E-state index in [0.29, 0.717) is 0 Å². The maximum atomic E-state index is 2.43. The van der Waals surface area contributed by atoms with Gasteiger partial charge in [0.1, 0.15) is 0 Å². The molecule has 5 aliphatic rings. The molecule has 5 rings (SSSR count). The standard InChI is InChI=1S/C10H12/c1-2-5-10-7-3-6-9(10,4-1)8(7)10/h1-2,7-8H,3-6H2/t7-,8+,9-,10-/m0/s1. The Bertz CT molecular complexity index is 239. The molecule has 0 heterocycles. The zero-order valence-corrected chi connectivity index (χ0v) is 6.14. The molecular formula is C10H12. The highest BCUT2D eigenvalue weighted by atomic mass is 15.0. The monoisotopic (exact) mass is 132 g/mol. The Morgan fingerprint density at radius 2 is 2.10 bits per heavy atom. The molecule has 0 aromatic rings. The molecule has 4 fully saturated rings. The maximum absolute atomic E-state index is 2.43. The van der Waals surface area contributed by atoms with Crippen LogP contribution in [0.5, 0.6) is 0 Å². The van der Waals surface area contributed by atoms with Gasteiger partial charge in [0.15, 0.2) is 0 Å². The third kappa shape index (κ3) is 0.202. The van der Waals surface area contributed by atoms with Crippen molar-refractivity contribution in [3.05, 3.63) is 12.2 Å². The average molecular weight is 132 g/mol. The lowest BCUT2D eigenvalue weighted by Gasteiger charge is -2.23. The number of hydrogen-bond donors (Lipinski definition) is 0. The van der Waals surface area contributed by atoms with Gasteiger partial charge in [-0.15, -0.1) is 0 Å². The van der Waals surface area contributed by atoms with E-state index in [1.807, 2.05) is 0 Å². The minimum atomic E-state index is 0.909. The molecule has 5 aliphatic carbocycles. The van der Waals surface area contributed by atoms with E-state index in [-0.39, 0.29) is 0 Å². The van der Waals surface area contributed by atoms with Crippen molar-refractivity contribution >= 4 is 0 Å². The summed E-state index contributed by atoms with van der Waals surface area (Å²) in [5, 5.41) is 0. The number of allylic oxidation sites excluding steroid dienone is 2. The summed E-state index contributed by atoms with van der Waals surface area (Å²) in [7, 11) is 0. The van der Waals surface area contributed by atoms with Crippen molar-refractivity contribution in [3.8, 4) is 0 Å². The second-order valence-corrected chi connectivity index (χ2v) is 4.70. The molecule has 0 radical (unpaired) electrons. The molecule has 0 aliphatic heterocycles. The van der Waals surface area contributed by atoms with Gasteiger partial charge in [0.25, 0.3) is 0 Å². The molecule has 4 atom stereocenters. The normalized spacial score (nSPS) is 72.8. The summed E-state index contributed by atoms with van der Waals surface area (Å²) in [6, 6.07) is 0. The fourth-order valence-electron chi connectivity index (χ4n) is 4.60. The zero-order chi connectivity index (χ0) is 6.40. The van der Waals surface area contributed by atoms with Crippen LogP contribution in [0.15, 0.2) is 12.2 Å². The number of fused-ring (bicyclic) bond motifs is 1. The molecule has 52 valence electrons. The molecule has 2 spiro atoms. The first-order valence-corrected chi connectivity index (χ1v) is 4.57. The van der Waals surface area contributed by atoms with Gasteiger partial charge in [-0.05, 0) is 48.3 Å². The summed E-state index contributed by atoms with van der Waals surface area (Å²) in [5.74, 6) is 2.42. The van der Waals surface area contributed by atoms with Gasteiger partial charge in [0, 0.05) is 0 Å². The predicted octanol–water partition coefficient (Wildman–Crippen LogP) is 2.36. The van der Waals surface area contributed by atoms with Crippen molar-refractivity contribution in [1.82, 2.24) is 0 Å². The van der Waals surface area contributed by atoms with Crippen LogP contribution in [0, 0.1) is 22.7 Å². The van der Waals surface area contributed by atoms with Gasteiger partial charge >= 0.3 is 0 Å². The van der Waals surface area contributed by atoms with Crippen LogP contribution >= 0.6 is 0 Å². The van der Waals surface area contributed by atoms with E-state index in [2.05, 4.69) is 12.2 Å².